The van der Waals surface area contributed by atoms with Crippen molar-refractivity contribution in [2.45, 2.75) is 6.42 Å². The van der Waals surface area contributed by atoms with Gasteiger partial charge in [0.05, 0.1) is 13.0 Å². The highest BCUT2D eigenvalue weighted by Gasteiger charge is 2.14. The van der Waals surface area contributed by atoms with E-state index in [1.165, 1.54) is 6.07 Å². The van der Waals surface area contributed by atoms with Gasteiger partial charge in [-0.1, -0.05) is 6.07 Å². The Morgan fingerprint density at radius 3 is 2.46 bits per heavy atom. The van der Waals surface area contributed by atoms with Crippen LogP contribution in [0, 0.1) is 11.6 Å². The van der Waals surface area contributed by atoms with Crippen LogP contribution in [0.1, 0.15) is 5.56 Å². The van der Waals surface area contributed by atoms with Crippen molar-refractivity contribution >= 4 is 17.5 Å². The number of anilines is 1. The quantitative estimate of drug-likeness (QED) is 0.853. The molecule has 0 bridgehead atoms. The molecule has 6 nitrogen and oxygen atoms in total. The van der Waals surface area contributed by atoms with Crippen LogP contribution < -0.4 is 20.1 Å². The molecule has 3 rings (SSSR count). The van der Waals surface area contributed by atoms with Gasteiger partial charge in [0, 0.05) is 11.8 Å². The minimum Gasteiger partial charge on any atom is -0.486 e. The summed E-state index contributed by atoms with van der Waals surface area (Å²) >= 11 is 0. The number of ether oxygens (including phenoxy) is 2. The second-order valence-electron chi connectivity index (χ2n) is 5.61. The molecular formula is C18H16F2N2O4. The number of carbonyl (C=O) groups excluding carboxylic acids is 2. The molecule has 1 heterocycles. The first-order valence-electron chi connectivity index (χ1n) is 7.91. The van der Waals surface area contributed by atoms with Gasteiger partial charge in [-0.3, -0.25) is 9.59 Å². The number of hydrogen-bond donors (Lipinski definition) is 2. The van der Waals surface area contributed by atoms with E-state index in [0.29, 0.717) is 30.3 Å². The van der Waals surface area contributed by atoms with E-state index in [2.05, 4.69) is 10.6 Å². The van der Waals surface area contributed by atoms with Gasteiger partial charge in [-0.05, 0) is 29.8 Å². The SMILES string of the molecule is O=C(Cc1ccc2c(c1)OCCO2)NCC(=O)Nc1ccc(F)c(F)c1. The summed E-state index contributed by atoms with van der Waals surface area (Å²) < 4.78 is 36.8. The Labute approximate surface area is 148 Å². The zero-order valence-corrected chi connectivity index (χ0v) is 13.7. The van der Waals surface area contributed by atoms with Crippen molar-refractivity contribution in [3.63, 3.8) is 0 Å². The molecule has 26 heavy (non-hydrogen) atoms. The van der Waals surface area contributed by atoms with Crippen LogP contribution in [0.15, 0.2) is 36.4 Å². The smallest absolute Gasteiger partial charge is 0.243 e. The summed E-state index contributed by atoms with van der Waals surface area (Å²) in [6, 6.07) is 8.19. The van der Waals surface area contributed by atoms with E-state index in [9.17, 15) is 18.4 Å². The van der Waals surface area contributed by atoms with E-state index in [-0.39, 0.29) is 24.6 Å². The molecule has 2 amide bonds. The highest BCUT2D eigenvalue weighted by atomic mass is 19.2. The minimum atomic E-state index is -1.06. The van der Waals surface area contributed by atoms with Gasteiger partial charge in [0.2, 0.25) is 11.8 Å². The van der Waals surface area contributed by atoms with Crippen molar-refractivity contribution in [1.82, 2.24) is 5.32 Å². The summed E-state index contributed by atoms with van der Waals surface area (Å²) in [5, 5.41) is 4.84. The Morgan fingerprint density at radius 2 is 1.69 bits per heavy atom. The van der Waals surface area contributed by atoms with Crippen LogP contribution >= 0.6 is 0 Å². The Hall–Kier alpha value is -3.16. The monoisotopic (exact) mass is 362 g/mol. The number of carbonyl (C=O) groups is 2. The van der Waals surface area contributed by atoms with Crippen LogP contribution in [0.3, 0.4) is 0 Å². The number of hydrogen-bond acceptors (Lipinski definition) is 4. The molecule has 0 spiro atoms. The van der Waals surface area contributed by atoms with Crippen molar-refractivity contribution in [3.8, 4) is 11.5 Å². The molecular weight excluding hydrogens is 346 g/mol. The highest BCUT2D eigenvalue weighted by molar-refractivity contribution is 5.94. The predicted molar refractivity (Wildman–Crippen MR) is 89.1 cm³/mol. The Balaban J connectivity index is 1.49. The molecule has 0 saturated heterocycles. The number of rotatable bonds is 5. The number of nitrogens with one attached hydrogen (secondary N) is 2. The van der Waals surface area contributed by atoms with Gasteiger partial charge in [0.1, 0.15) is 13.2 Å². The third-order valence-corrected chi connectivity index (χ3v) is 3.62. The number of halogens is 2. The van der Waals surface area contributed by atoms with E-state index in [1.54, 1.807) is 18.2 Å². The van der Waals surface area contributed by atoms with Crippen LogP contribution in [0.2, 0.25) is 0 Å². The van der Waals surface area contributed by atoms with Crippen LogP contribution in [0.5, 0.6) is 11.5 Å². The molecule has 0 radical (unpaired) electrons. The molecule has 2 aromatic carbocycles. The van der Waals surface area contributed by atoms with Gasteiger partial charge in [0.15, 0.2) is 23.1 Å². The molecule has 0 fully saturated rings. The Kier molecular flexibility index (Phi) is 5.31. The van der Waals surface area contributed by atoms with Crippen LogP contribution in [0.4, 0.5) is 14.5 Å². The lowest BCUT2D eigenvalue weighted by Crippen LogP contribution is -2.33. The van der Waals surface area contributed by atoms with Crippen molar-refractivity contribution in [2.75, 3.05) is 25.1 Å². The molecule has 136 valence electrons. The van der Waals surface area contributed by atoms with E-state index in [4.69, 9.17) is 9.47 Å². The molecule has 0 saturated carbocycles. The lowest BCUT2D eigenvalue weighted by molar-refractivity contribution is -0.123. The largest absolute Gasteiger partial charge is 0.486 e. The van der Waals surface area contributed by atoms with Crippen molar-refractivity contribution < 1.29 is 27.8 Å². The second-order valence-corrected chi connectivity index (χ2v) is 5.61. The topological polar surface area (TPSA) is 76.7 Å². The average molecular weight is 362 g/mol. The molecule has 8 heteroatoms. The number of amides is 2. The first-order chi connectivity index (χ1) is 12.5. The first-order valence-corrected chi connectivity index (χ1v) is 7.91. The normalized spacial score (nSPS) is 12.4. The molecule has 1 aliphatic rings. The summed E-state index contributed by atoms with van der Waals surface area (Å²) in [6.07, 6.45) is 0.0646. The average Bonchev–Trinajstić information content (AvgIpc) is 2.63. The fourth-order valence-corrected chi connectivity index (χ4v) is 2.40. The second kappa shape index (κ2) is 7.81. The van der Waals surface area contributed by atoms with Gasteiger partial charge in [-0.25, -0.2) is 8.78 Å². The molecule has 0 aliphatic carbocycles. The summed E-state index contributed by atoms with van der Waals surface area (Å²) in [5.74, 6) is -1.77. The maximum atomic E-state index is 13.1. The molecule has 0 unspecified atom stereocenters. The van der Waals surface area contributed by atoms with Crippen LogP contribution in [-0.2, 0) is 16.0 Å². The van der Waals surface area contributed by atoms with Gasteiger partial charge < -0.3 is 20.1 Å². The fraction of sp³-hybridized carbons (Fsp3) is 0.222. The number of fused-ring (bicyclic) bond motifs is 1. The third kappa shape index (κ3) is 4.47. The zero-order valence-electron chi connectivity index (χ0n) is 13.7. The maximum absolute atomic E-state index is 13.1. The highest BCUT2D eigenvalue weighted by Crippen LogP contribution is 2.30. The minimum absolute atomic E-state index is 0.0646. The van der Waals surface area contributed by atoms with E-state index in [0.717, 1.165) is 12.1 Å². The van der Waals surface area contributed by atoms with Crippen molar-refractivity contribution in [1.29, 1.82) is 0 Å². The number of benzene rings is 2. The standard InChI is InChI=1S/C18H16F2N2O4/c19-13-3-2-12(9-14(13)20)22-18(24)10-21-17(23)8-11-1-4-15-16(7-11)26-6-5-25-15/h1-4,7,9H,5-6,8,10H2,(H,21,23)(H,22,24). The fourth-order valence-electron chi connectivity index (χ4n) is 2.40. The van der Waals surface area contributed by atoms with Gasteiger partial charge in [0.25, 0.3) is 0 Å². The van der Waals surface area contributed by atoms with Crippen LogP contribution in [-0.4, -0.2) is 31.6 Å². The lowest BCUT2D eigenvalue weighted by Gasteiger charge is -2.18. The van der Waals surface area contributed by atoms with E-state index >= 15 is 0 Å². The van der Waals surface area contributed by atoms with Crippen molar-refractivity contribution in [2.24, 2.45) is 0 Å². The van der Waals surface area contributed by atoms with Gasteiger partial charge >= 0.3 is 0 Å². The third-order valence-electron chi connectivity index (χ3n) is 3.62. The summed E-state index contributed by atoms with van der Waals surface area (Å²) in [7, 11) is 0. The molecule has 1 aliphatic heterocycles. The predicted octanol–water partition coefficient (Wildman–Crippen LogP) is 2.03. The van der Waals surface area contributed by atoms with Gasteiger partial charge in [-0.2, -0.15) is 0 Å². The summed E-state index contributed by atoms with van der Waals surface area (Å²) in [6.45, 7) is 0.648. The lowest BCUT2D eigenvalue weighted by atomic mass is 10.1. The maximum Gasteiger partial charge on any atom is 0.243 e. The molecule has 2 N–H and O–H groups in total. The Morgan fingerprint density at radius 1 is 0.923 bits per heavy atom. The summed E-state index contributed by atoms with van der Waals surface area (Å²) in [5.41, 5.74) is 0.822. The Bertz CT molecular complexity index is 842. The first kappa shape index (κ1) is 17.7. The van der Waals surface area contributed by atoms with E-state index < -0.39 is 17.5 Å². The zero-order chi connectivity index (χ0) is 18.5. The van der Waals surface area contributed by atoms with Gasteiger partial charge in [-0.15, -0.1) is 0 Å². The van der Waals surface area contributed by atoms with Crippen LogP contribution in [0.25, 0.3) is 0 Å². The molecule has 0 aromatic heterocycles. The molecule has 0 atom stereocenters. The molecule has 2 aromatic rings. The van der Waals surface area contributed by atoms with E-state index in [1.807, 2.05) is 0 Å². The van der Waals surface area contributed by atoms with Crippen molar-refractivity contribution in [3.05, 3.63) is 53.6 Å². The summed E-state index contributed by atoms with van der Waals surface area (Å²) in [4.78, 5) is 23.7.